The van der Waals surface area contributed by atoms with Gasteiger partial charge in [0, 0.05) is 5.69 Å². The Labute approximate surface area is 198 Å². The highest BCUT2D eigenvalue weighted by molar-refractivity contribution is 6.22. The molecule has 2 fully saturated rings. The number of carbonyl (C=O) groups is 4. The van der Waals surface area contributed by atoms with E-state index in [0.29, 0.717) is 42.5 Å². The van der Waals surface area contributed by atoms with Crippen molar-refractivity contribution >= 4 is 35.1 Å². The number of anilines is 2. The maximum Gasteiger partial charge on any atom is 0.338 e. The normalized spacial score (nSPS) is 21.7. The molecule has 8 heteroatoms. The van der Waals surface area contributed by atoms with Crippen molar-refractivity contribution in [2.45, 2.75) is 33.1 Å². The Hall–Kier alpha value is -3.68. The zero-order chi connectivity index (χ0) is 24.2. The highest BCUT2D eigenvalue weighted by atomic mass is 16.5. The van der Waals surface area contributed by atoms with Gasteiger partial charge in [0.15, 0.2) is 6.61 Å². The summed E-state index contributed by atoms with van der Waals surface area (Å²) in [7, 11) is 0. The minimum Gasteiger partial charge on any atom is -0.494 e. The van der Waals surface area contributed by atoms with Gasteiger partial charge in [-0.25, -0.2) is 4.79 Å². The van der Waals surface area contributed by atoms with Crippen molar-refractivity contribution in [3.05, 3.63) is 54.1 Å². The summed E-state index contributed by atoms with van der Waals surface area (Å²) in [6, 6.07) is 13.1. The first-order chi connectivity index (χ1) is 16.4. The molecule has 0 unspecified atom stereocenters. The number of imide groups is 1. The van der Waals surface area contributed by atoms with Crippen LogP contribution in [-0.4, -0.2) is 36.9 Å². The lowest BCUT2D eigenvalue weighted by Crippen LogP contribution is -2.31. The summed E-state index contributed by atoms with van der Waals surface area (Å²) in [5, 5.41) is 2.65. The number of nitrogens with zero attached hydrogens (tertiary/aromatic N) is 1. The van der Waals surface area contributed by atoms with Crippen LogP contribution in [0.1, 0.15) is 43.5 Å². The molecule has 8 nitrogen and oxygen atoms in total. The third-order valence-corrected chi connectivity index (χ3v) is 6.31. The standard InChI is InChI=1S/C26H28N2O6/c1-3-33-20-10-8-18(9-11-20)27-23(29)15-34-26(32)17-5-4-6-19(14-17)28-24(30)21-12-7-16(2)13-22(21)25(28)31/h4-6,8-11,14,16,21-22H,3,7,12-13,15H2,1-2H3,(H,27,29)/t16-,21+,22+/m0/s1. The van der Waals surface area contributed by atoms with Gasteiger partial charge < -0.3 is 14.8 Å². The van der Waals surface area contributed by atoms with Crippen molar-refractivity contribution in [1.82, 2.24) is 0 Å². The third kappa shape index (κ3) is 4.95. The number of carbonyl (C=O) groups excluding carboxylic acids is 4. The molecule has 1 saturated heterocycles. The molecule has 0 aromatic heterocycles. The van der Waals surface area contributed by atoms with E-state index < -0.39 is 18.5 Å². The number of rotatable bonds is 7. The lowest BCUT2D eigenvalue weighted by molar-refractivity contribution is -0.122. The van der Waals surface area contributed by atoms with E-state index in [1.807, 2.05) is 6.92 Å². The van der Waals surface area contributed by atoms with Gasteiger partial charge >= 0.3 is 5.97 Å². The summed E-state index contributed by atoms with van der Waals surface area (Å²) >= 11 is 0. The van der Waals surface area contributed by atoms with E-state index in [1.54, 1.807) is 36.4 Å². The Bertz CT molecular complexity index is 1100. The Morgan fingerprint density at radius 1 is 1.03 bits per heavy atom. The van der Waals surface area contributed by atoms with Gasteiger partial charge in [0.05, 0.1) is 29.7 Å². The van der Waals surface area contributed by atoms with E-state index in [0.717, 1.165) is 6.42 Å². The molecule has 1 N–H and O–H groups in total. The van der Waals surface area contributed by atoms with Gasteiger partial charge in [0.1, 0.15) is 5.75 Å². The van der Waals surface area contributed by atoms with Crippen LogP contribution in [0.25, 0.3) is 0 Å². The average molecular weight is 465 g/mol. The van der Waals surface area contributed by atoms with Crippen molar-refractivity contribution in [3.63, 3.8) is 0 Å². The number of hydrogen-bond donors (Lipinski definition) is 1. The second kappa shape index (κ2) is 10.1. The van der Waals surface area contributed by atoms with Gasteiger partial charge in [-0.1, -0.05) is 13.0 Å². The molecule has 178 valence electrons. The summed E-state index contributed by atoms with van der Waals surface area (Å²) in [6.45, 7) is 4.05. The van der Waals surface area contributed by atoms with E-state index in [2.05, 4.69) is 12.2 Å². The molecule has 0 bridgehead atoms. The van der Waals surface area contributed by atoms with E-state index in [9.17, 15) is 19.2 Å². The lowest BCUT2D eigenvalue weighted by Gasteiger charge is -2.25. The van der Waals surface area contributed by atoms with Crippen molar-refractivity contribution in [3.8, 4) is 5.75 Å². The van der Waals surface area contributed by atoms with Gasteiger partial charge in [0.25, 0.3) is 5.91 Å². The third-order valence-electron chi connectivity index (χ3n) is 6.31. The Balaban J connectivity index is 1.37. The number of amides is 3. The van der Waals surface area contributed by atoms with E-state index >= 15 is 0 Å². The van der Waals surface area contributed by atoms with Crippen LogP contribution < -0.4 is 15.0 Å². The summed E-state index contributed by atoms with van der Waals surface area (Å²) in [6.07, 6.45) is 2.34. The first kappa shape index (κ1) is 23.5. The topological polar surface area (TPSA) is 102 Å². The predicted octanol–water partition coefficient (Wildman–Crippen LogP) is 3.81. The number of nitrogens with one attached hydrogen (secondary N) is 1. The molecule has 2 aromatic rings. The van der Waals surface area contributed by atoms with Crippen molar-refractivity contribution in [2.75, 3.05) is 23.4 Å². The zero-order valence-electron chi connectivity index (χ0n) is 19.3. The van der Waals surface area contributed by atoms with Crippen LogP contribution in [-0.2, 0) is 19.1 Å². The number of benzene rings is 2. The van der Waals surface area contributed by atoms with Crippen LogP contribution in [0.2, 0.25) is 0 Å². The monoisotopic (exact) mass is 464 g/mol. The SMILES string of the molecule is CCOc1ccc(NC(=O)COC(=O)c2cccc(N3C(=O)[C@@H]4CC[C@H](C)C[C@H]4C3=O)c2)cc1. The van der Waals surface area contributed by atoms with Crippen LogP contribution in [0, 0.1) is 17.8 Å². The maximum absolute atomic E-state index is 13.0. The predicted molar refractivity (Wildman–Crippen MR) is 125 cm³/mol. The summed E-state index contributed by atoms with van der Waals surface area (Å²) in [4.78, 5) is 51.8. The first-order valence-electron chi connectivity index (χ1n) is 11.5. The molecule has 1 aliphatic heterocycles. The first-order valence-corrected chi connectivity index (χ1v) is 11.5. The molecule has 4 rings (SSSR count). The summed E-state index contributed by atoms with van der Waals surface area (Å²) < 4.78 is 10.5. The molecule has 2 aliphatic rings. The molecule has 1 aliphatic carbocycles. The van der Waals surface area contributed by atoms with Crippen molar-refractivity contribution < 1.29 is 28.7 Å². The van der Waals surface area contributed by atoms with E-state index in [1.165, 1.54) is 17.0 Å². The smallest absolute Gasteiger partial charge is 0.338 e. The average Bonchev–Trinajstić information content (AvgIpc) is 3.08. The Morgan fingerprint density at radius 2 is 1.76 bits per heavy atom. The van der Waals surface area contributed by atoms with Crippen LogP contribution in [0.4, 0.5) is 11.4 Å². The van der Waals surface area contributed by atoms with Crippen LogP contribution >= 0.6 is 0 Å². The second-order valence-electron chi connectivity index (χ2n) is 8.78. The Kier molecular flexibility index (Phi) is 6.95. The van der Waals surface area contributed by atoms with E-state index in [4.69, 9.17) is 9.47 Å². The second-order valence-corrected chi connectivity index (χ2v) is 8.78. The number of fused-ring (bicyclic) bond motifs is 1. The number of esters is 1. The fourth-order valence-corrected chi connectivity index (χ4v) is 4.63. The molecular weight excluding hydrogens is 436 g/mol. The van der Waals surface area contributed by atoms with Gasteiger partial charge in [0.2, 0.25) is 11.8 Å². The fraction of sp³-hybridized carbons (Fsp3) is 0.385. The van der Waals surface area contributed by atoms with Crippen LogP contribution in [0.3, 0.4) is 0 Å². The van der Waals surface area contributed by atoms with Gasteiger partial charge in [-0.2, -0.15) is 0 Å². The highest BCUT2D eigenvalue weighted by Gasteiger charge is 2.50. The van der Waals surface area contributed by atoms with Gasteiger partial charge in [-0.15, -0.1) is 0 Å². The molecule has 34 heavy (non-hydrogen) atoms. The van der Waals surface area contributed by atoms with Gasteiger partial charge in [-0.3, -0.25) is 19.3 Å². The molecule has 3 atom stereocenters. The number of ether oxygens (including phenoxy) is 2. The van der Waals surface area contributed by atoms with Crippen LogP contribution in [0.5, 0.6) is 5.75 Å². The quantitative estimate of drug-likeness (QED) is 0.494. The minimum atomic E-state index is -0.714. The van der Waals surface area contributed by atoms with Gasteiger partial charge in [-0.05, 0) is 74.6 Å². The van der Waals surface area contributed by atoms with Crippen LogP contribution in [0.15, 0.2) is 48.5 Å². The van der Waals surface area contributed by atoms with E-state index in [-0.39, 0.29) is 29.2 Å². The summed E-state index contributed by atoms with van der Waals surface area (Å²) in [5.41, 5.74) is 1.06. The molecular formula is C26H28N2O6. The van der Waals surface area contributed by atoms with Crippen molar-refractivity contribution in [2.24, 2.45) is 17.8 Å². The Morgan fingerprint density at radius 3 is 2.50 bits per heavy atom. The molecule has 0 spiro atoms. The minimum absolute atomic E-state index is 0.162. The van der Waals surface area contributed by atoms with Crippen molar-refractivity contribution in [1.29, 1.82) is 0 Å². The summed E-state index contributed by atoms with van der Waals surface area (Å²) in [5.74, 6) is -1.10. The largest absolute Gasteiger partial charge is 0.494 e. The molecule has 0 radical (unpaired) electrons. The fourth-order valence-electron chi connectivity index (χ4n) is 4.63. The highest BCUT2D eigenvalue weighted by Crippen LogP contribution is 2.42. The zero-order valence-corrected chi connectivity index (χ0v) is 19.3. The molecule has 3 amide bonds. The molecule has 1 saturated carbocycles. The lowest BCUT2D eigenvalue weighted by atomic mass is 9.76. The maximum atomic E-state index is 13.0. The molecule has 2 aromatic carbocycles. The molecule has 1 heterocycles. The number of hydrogen-bond acceptors (Lipinski definition) is 6.